The van der Waals surface area contributed by atoms with Crippen molar-refractivity contribution < 1.29 is 0 Å². The van der Waals surface area contributed by atoms with Crippen molar-refractivity contribution in [1.29, 1.82) is 0 Å². The first-order chi connectivity index (χ1) is 8.22. The standard InChI is InChI=1S/C14H19Cl2N/c1-17-14-6-4-2-3-5-11(14)12-9-10(15)7-8-13(12)16/h7-9,11,14,17H,2-6H2,1H3. The molecule has 94 valence electrons. The molecule has 1 aromatic rings. The van der Waals surface area contributed by atoms with Crippen molar-refractivity contribution in [1.82, 2.24) is 5.32 Å². The minimum atomic E-state index is 0.494. The lowest BCUT2D eigenvalue weighted by Gasteiger charge is -2.26. The molecular weight excluding hydrogens is 253 g/mol. The molecule has 1 nitrogen and oxygen atoms in total. The molecule has 0 radical (unpaired) electrons. The van der Waals surface area contributed by atoms with Crippen LogP contribution in [0.1, 0.15) is 43.6 Å². The second-order valence-corrected chi connectivity index (χ2v) is 5.65. The Hall–Kier alpha value is -0.240. The van der Waals surface area contributed by atoms with Crippen LogP contribution < -0.4 is 5.32 Å². The number of benzene rings is 1. The van der Waals surface area contributed by atoms with Crippen LogP contribution in [0.5, 0.6) is 0 Å². The highest BCUT2D eigenvalue weighted by Gasteiger charge is 2.25. The van der Waals surface area contributed by atoms with Gasteiger partial charge in [0, 0.05) is 22.0 Å². The highest BCUT2D eigenvalue weighted by molar-refractivity contribution is 6.33. The number of hydrogen-bond donors (Lipinski definition) is 1. The summed E-state index contributed by atoms with van der Waals surface area (Å²) >= 11 is 12.4. The van der Waals surface area contributed by atoms with E-state index in [1.54, 1.807) is 0 Å². The summed E-state index contributed by atoms with van der Waals surface area (Å²) in [5.41, 5.74) is 1.21. The minimum absolute atomic E-state index is 0.494. The van der Waals surface area contributed by atoms with Crippen LogP contribution in [-0.2, 0) is 0 Å². The van der Waals surface area contributed by atoms with Gasteiger partial charge in [-0.2, -0.15) is 0 Å². The summed E-state index contributed by atoms with van der Waals surface area (Å²) in [5, 5.41) is 5.07. The van der Waals surface area contributed by atoms with E-state index in [0.717, 1.165) is 10.0 Å². The van der Waals surface area contributed by atoms with Crippen molar-refractivity contribution in [2.75, 3.05) is 7.05 Å². The molecule has 1 saturated carbocycles. The molecule has 17 heavy (non-hydrogen) atoms. The molecule has 1 aromatic carbocycles. The molecule has 0 heterocycles. The first-order valence-corrected chi connectivity index (χ1v) is 7.10. The van der Waals surface area contributed by atoms with Crippen molar-refractivity contribution in [2.45, 2.75) is 44.1 Å². The van der Waals surface area contributed by atoms with Gasteiger partial charge in [0.05, 0.1) is 0 Å². The molecule has 0 amide bonds. The molecule has 1 fully saturated rings. The van der Waals surface area contributed by atoms with Gasteiger partial charge in [0.1, 0.15) is 0 Å². The molecule has 1 aliphatic rings. The summed E-state index contributed by atoms with van der Waals surface area (Å²) in [5.74, 6) is 0.494. The Kier molecular flexibility index (Phi) is 4.72. The third-order valence-corrected chi connectivity index (χ3v) is 4.32. The maximum atomic E-state index is 6.32. The lowest BCUT2D eigenvalue weighted by molar-refractivity contribution is 0.439. The lowest BCUT2D eigenvalue weighted by Crippen LogP contribution is -2.31. The maximum Gasteiger partial charge on any atom is 0.0442 e. The van der Waals surface area contributed by atoms with E-state index in [-0.39, 0.29) is 0 Å². The normalized spacial score (nSPS) is 25.6. The number of rotatable bonds is 2. The SMILES string of the molecule is CNC1CCCCCC1c1cc(Cl)ccc1Cl. The monoisotopic (exact) mass is 271 g/mol. The van der Waals surface area contributed by atoms with Crippen molar-refractivity contribution in [3.63, 3.8) is 0 Å². The van der Waals surface area contributed by atoms with Gasteiger partial charge in [-0.3, -0.25) is 0 Å². The maximum absolute atomic E-state index is 6.32. The Morgan fingerprint density at radius 2 is 1.88 bits per heavy atom. The van der Waals surface area contributed by atoms with Crippen molar-refractivity contribution in [3.8, 4) is 0 Å². The fraction of sp³-hybridized carbons (Fsp3) is 0.571. The Balaban J connectivity index is 2.31. The number of halogens is 2. The first-order valence-electron chi connectivity index (χ1n) is 6.34. The molecule has 0 aliphatic heterocycles. The Labute approximate surface area is 114 Å². The molecule has 2 atom stereocenters. The van der Waals surface area contributed by atoms with E-state index < -0.39 is 0 Å². The van der Waals surface area contributed by atoms with Crippen LogP contribution in [0.4, 0.5) is 0 Å². The van der Waals surface area contributed by atoms with E-state index >= 15 is 0 Å². The van der Waals surface area contributed by atoms with Gasteiger partial charge in [-0.1, -0.05) is 42.5 Å². The smallest absolute Gasteiger partial charge is 0.0442 e. The second kappa shape index (κ2) is 6.08. The zero-order chi connectivity index (χ0) is 12.3. The molecule has 3 heteroatoms. The molecule has 1 N–H and O–H groups in total. The summed E-state index contributed by atoms with van der Waals surface area (Å²) in [6.07, 6.45) is 6.34. The average molecular weight is 272 g/mol. The Morgan fingerprint density at radius 3 is 2.65 bits per heavy atom. The highest BCUT2D eigenvalue weighted by atomic mass is 35.5. The Morgan fingerprint density at radius 1 is 1.12 bits per heavy atom. The van der Waals surface area contributed by atoms with Gasteiger partial charge in [-0.05, 0) is 43.7 Å². The molecule has 2 rings (SSSR count). The second-order valence-electron chi connectivity index (χ2n) is 4.81. The van der Waals surface area contributed by atoms with Gasteiger partial charge >= 0.3 is 0 Å². The number of nitrogens with one attached hydrogen (secondary N) is 1. The minimum Gasteiger partial charge on any atom is -0.316 e. The van der Waals surface area contributed by atoms with Crippen LogP contribution in [0.25, 0.3) is 0 Å². The predicted octanol–water partition coefficient (Wildman–Crippen LogP) is 4.63. The number of hydrogen-bond acceptors (Lipinski definition) is 1. The van der Waals surface area contributed by atoms with Crippen LogP contribution in [-0.4, -0.2) is 13.1 Å². The van der Waals surface area contributed by atoms with Gasteiger partial charge in [0.25, 0.3) is 0 Å². The van der Waals surface area contributed by atoms with Crippen LogP contribution in [0.3, 0.4) is 0 Å². The fourth-order valence-corrected chi connectivity index (χ4v) is 3.26. The van der Waals surface area contributed by atoms with Gasteiger partial charge in [0.2, 0.25) is 0 Å². The van der Waals surface area contributed by atoms with E-state index in [4.69, 9.17) is 23.2 Å². The van der Waals surface area contributed by atoms with E-state index in [9.17, 15) is 0 Å². The zero-order valence-corrected chi connectivity index (χ0v) is 11.7. The Bertz CT molecular complexity index is 378. The zero-order valence-electron chi connectivity index (χ0n) is 10.2. The van der Waals surface area contributed by atoms with Gasteiger partial charge in [-0.25, -0.2) is 0 Å². The quantitative estimate of drug-likeness (QED) is 0.774. The summed E-state index contributed by atoms with van der Waals surface area (Å²) in [6.45, 7) is 0. The topological polar surface area (TPSA) is 12.0 Å². The summed E-state index contributed by atoms with van der Waals surface area (Å²) in [7, 11) is 2.04. The van der Waals surface area contributed by atoms with Gasteiger partial charge in [-0.15, -0.1) is 0 Å². The third-order valence-electron chi connectivity index (χ3n) is 3.74. The lowest BCUT2D eigenvalue weighted by atomic mass is 9.87. The molecule has 0 spiro atoms. The molecule has 2 unspecified atom stereocenters. The fourth-order valence-electron chi connectivity index (χ4n) is 2.82. The van der Waals surface area contributed by atoms with E-state index in [2.05, 4.69) is 5.32 Å². The van der Waals surface area contributed by atoms with Crippen LogP contribution in [0.2, 0.25) is 10.0 Å². The molecule has 0 aromatic heterocycles. The van der Waals surface area contributed by atoms with Crippen molar-refractivity contribution >= 4 is 23.2 Å². The van der Waals surface area contributed by atoms with E-state index in [1.165, 1.54) is 37.7 Å². The first kappa shape index (κ1) is 13.2. The highest BCUT2D eigenvalue weighted by Crippen LogP contribution is 2.36. The van der Waals surface area contributed by atoms with Crippen LogP contribution >= 0.6 is 23.2 Å². The molecule has 0 saturated heterocycles. The molecule has 1 aliphatic carbocycles. The van der Waals surface area contributed by atoms with Gasteiger partial charge < -0.3 is 5.32 Å². The van der Waals surface area contributed by atoms with Crippen molar-refractivity contribution in [2.24, 2.45) is 0 Å². The van der Waals surface area contributed by atoms with E-state index in [1.807, 2.05) is 25.2 Å². The van der Waals surface area contributed by atoms with E-state index in [0.29, 0.717) is 12.0 Å². The summed E-state index contributed by atoms with van der Waals surface area (Å²) in [6, 6.07) is 6.33. The summed E-state index contributed by atoms with van der Waals surface area (Å²) < 4.78 is 0. The predicted molar refractivity (Wildman–Crippen MR) is 75.1 cm³/mol. The van der Waals surface area contributed by atoms with Crippen LogP contribution in [0.15, 0.2) is 18.2 Å². The van der Waals surface area contributed by atoms with Gasteiger partial charge in [0.15, 0.2) is 0 Å². The average Bonchev–Trinajstić information content (AvgIpc) is 2.57. The summed E-state index contributed by atoms with van der Waals surface area (Å²) in [4.78, 5) is 0. The van der Waals surface area contributed by atoms with Crippen molar-refractivity contribution in [3.05, 3.63) is 33.8 Å². The molecular formula is C14H19Cl2N. The van der Waals surface area contributed by atoms with Crippen LogP contribution in [0, 0.1) is 0 Å². The number of likely N-dealkylation sites (N-methyl/N-ethyl adjacent to an activating group) is 1. The molecule has 0 bridgehead atoms. The largest absolute Gasteiger partial charge is 0.316 e. The third kappa shape index (κ3) is 3.15.